The molecule has 1 heterocycles. The van der Waals surface area contributed by atoms with Gasteiger partial charge >= 0.3 is 6.03 Å². The molecule has 0 bridgehead atoms. The number of nitrogens with zero attached hydrogens (tertiary/aromatic N) is 1. The van der Waals surface area contributed by atoms with Crippen molar-refractivity contribution in [2.75, 3.05) is 27.3 Å². The third-order valence-electron chi connectivity index (χ3n) is 6.14. The molecule has 2 N–H and O–H groups in total. The van der Waals surface area contributed by atoms with Crippen LogP contribution in [-0.4, -0.2) is 44.3 Å². The number of hydrogen-bond donors (Lipinski definition) is 2. The van der Waals surface area contributed by atoms with E-state index in [0.29, 0.717) is 6.54 Å². The fourth-order valence-electron chi connectivity index (χ4n) is 4.47. The number of fused-ring (bicyclic) bond motifs is 1. The Morgan fingerprint density at radius 3 is 2.52 bits per heavy atom. The SMILES string of the molecule is CCNC(=O)N[C@@H](CC)[C@H]1c2cc(OC)c(OC)cc2CCN1Cc1ccccc1C. The van der Waals surface area contributed by atoms with Crippen molar-refractivity contribution in [1.29, 1.82) is 0 Å². The van der Waals surface area contributed by atoms with Crippen LogP contribution in [0.1, 0.15) is 48.6 Å². The number of nitrogens with one attached hydrogen (secondary N) is 2. The van der Waals surface area contributed by atoms with E-state index in [1.807, 2.05) is 6.92 Å². The molecule has 0 saturated heterocycles. The second kappa shape index (κ2) is 10.5. The molecular weight excluding hydrogens is 390 g/mol. The average Bonchev–Trinajstić information content (AvgIpc) is 2.78. The molecule has 168 valence electrons. The van der Waals surface area contributed by atoms with Gasteiger partial charge in [-0.3, -0.25) is 4.90 Å². The molecular formula is C25H35N3O3. The summed E-state index contributed by atoms with van der Waals surface area (Å²) in [6.45, 7) is 8.55. The van der Waals surface area contributed by atoms with Crippen LogP contribution in [0.25, 0.3) is 0 Å². The summed E-state index contributed by atoms with van der Waals surface area (Å²) in [5.41, 5.74) is 5.04. The molecule has 1 aliphatic heterocycles. The van der Waals surface area contributed by atoms with E-state index in [2.05, 4.69) is 65.8 Å². The average molecular weight is 426 g/mol. The first-order valence-electron chi connectivity index (χ1n) is 11.1. The van der Waals surface area contributed by atoms with Crippen molar-refractivity contribution >= 4 is 6.03 Å². The zero-order chi connectivity index (χ0) is 22.4. The molecule has 3 rings (SSSR count). The molecule has 1 aliphatic rings. The fraction of sp³-hybridized carbons (Fsp3) is 0.480. The van der Waals surface area contributed by atoms with Crippen LogP contribution in [0.15, 0.2) is 36.4 Å². The van der Waals surface area contributed by atoms with E-state index >= 15 is 0 Å². The van der Waals surface area contributed by atoms with E-state index in [0.717, 1.165) is 37.4 Å². The predicted octanol–water partition coefficient (Wildman–Crippen LogP) is 4.21. The summed E-state index contributed by atoms with van der Waals surface area (Å²) < 4.78 is 11.2. The zero-order valence-electron chi connectivity index (χ0n) is 19.3. The summed E-state index contributed by atoms with van der Waals surface area (Å²) in [5, 5.41) is 6.09. The highest BCUT2D eigenvalue weighted by atomic mass is 16.5. The van der Waals surface area contributed by atoms with Crippen LogP contribution in [0.2, 0.25) is 0 Å². The van der Waals surface area contributed by atoms with E-state index in [1.54, 1.807) is 14.2 Å². The summed E-state index contributed by atoms with van der Waals surface area (Å²) in [5.74, 6) is 1.47. The van der Waals surface area contributed by atoms with Gasteiger partial charge in [0.25, 0.3) is 0 Å². The largest absolute Gasteiger partial charge is 0.493 e. The summed E-state index contributed by atoms with van der Waals surface area (Å²) in [7, 11) is 3.33. The zero-order valence-corrected chi connectivity index (χ0v) is 19.3. The summed E-state index contributed by atoms with van der Waals surface area (Å²) >= 11 is 0. The first-order chi connectivity index (χ1) is 15.0. The molecule has 0 unspecified atom stereocenters. The Bertz CT molecular complexity index is 900. The Kier molecular flexibility index (Phi) is 7.80. The molecule has 2 aromatic rings. The van der Waals surface area contributed by atoms with Gasteiger partial charge < -0.3 is 20.1 Å². The second-order valence-corrected chi connectivity index (χ2v) is 8.02. The highest BCUT2D eigenvalue weighted by molar-refractivity contribution is 5.74. The summed E-state index contributed by atoms with van der Waals surface area (Å²) in [6.07, 6.45) is 1.75. The monoisotopic (exact) mass is 425 g/mol. The maximum absolute atomic E-state index is 12.4. The van der Waals surface area contributed by atoms with E-state index < -0.39 is 0 Å². The molecule has 0 fully saturated rings. The molecule has 0 aliphatic carbocycles. The first kappa shape index (κ1) is 22.9. The van der Waals surface area contributed by atoms with Crippen LogP contribution in [-0.2, 0) is 13.0 Å². The number of amides is 2. The highest BCUT2D eigenvalue weighted by Gasteiger charge is 2.35. The fourth-order valence-corrected chi connectivity index (χ4v) is 4.47. The molecule has 6 heteroatoms. The minimum Gasteiger partial charge on any atom is -0.493 e. The number of hydrogen-bond acceptors (Lipinski definition) is 4. The van der Waals surface area contributed by atoms with Crippen LogP contribution >= 0.6 is 0 Å². The summed E-state index contributed by atoms with van der Waals surface area (Å²) in [6, 6.07) is 12.6. The number of methoxy groups -OCH3 is 2. The molecule has 2 aromatic carbocycles. The topological polar surface area (TPSA) is 62.8 Å². The van der Waals surface area contributed by atoms with Crippen molar-refractivity contribution in [1.82, 2.24) is 15.5 Å². The van der Waals surface area contributed by atoms with Crippen LogP contribution in [0, 0.1) is 6.92 Å². The maximum atomic E-state index is 12.4. The van der Waals surface area contributed by atoms with Gasteiger partial charge in [0.1, 0.15) is 0 Å². The van der Waals surface area contributed by atoms with Crippen molar-refractivity contribution in [3.05, 3.63) is 58.7 Å². The van der Waals surface area contributed by atoms with Gasteiger partial charge in [0, 0.05) is 19.6 Å². The molecule has 31 heavy (non-hydrogen) atoms. The first-order valence-corrected chi connectivity index (χ1v) is 11.1. The quantitative estimate of drug-likeness (QED) is 0.665. The third-order valence-corrected chi connectivity index (χ3v) is 6.14. The van der Waals surface area contributed by atoms with Crippen LogP contribution in [0.3, 0.4) is 0 Å². The Morgan fingerprint density at radius 2 is 1.87 bits per heavy atom. The number of aryl methyl sites for hydroxylation is 1. The van der Waals surface area contributed by atoms with E-state index in [1.165, 1.54) is 22.3 Å². The van der Waals surface area contributed by atoms with Gasteiger partial charge in [-0.1, -0.05) is 31.2 Å². The van der Waals surface area contributed by atoms with Gasteiger partial charge in [0.05, 0.1) is 26.3 Å². The van der Waals surface area contributed by atoms with Crippen molar-refractivity contribution < 1.29 is 14.3 Å². The molecule has 0 spiro atoms. The molecule has 2 amide bonds. The summed E-state index contributed by atoms with van der Waals surface area (Å²) in [4.78, 5) is 14.9. The minimum atomic E-state index is -0.127. The van der Waals surface area contributed by atoms with Crippen molar-refractivity contribution in [3.63, 3.8) is 0 Å². The lowest BCUT2D eigenvalue weighted by Crippen LogP contribution is -2.50. The van der Waals surface area contributed by atoms with Gasteiger partial charge in [-0.25, -0.2) is 4.79 Å². The van der Waals surface area contributed by atoms with Gasteiger partial charge in [0.15, 0.2) is 11.5 Å². The standard InChI is InChI=1S/C25H35N3O3/c1-6-21(27-25(29)26-7-2)24-20-15-23(31-5)22(30-4)14-18(20)12-13-28(24)16-19-11-9-8-10-17(19)3/h8-11,14-15,21,24H,6-7,12-13,16H2,1-5H3,(H2,26,27,29)/t21-,24+/m0/s1. The van der Waals surface area contributed by atoms with Gasteiger partial charge in [0.2, 0.25) is 0 Å². The van der Waals surface area contributed by atoms with Gasteiger partial charge in [-0.05, 0) is 61.1 Å². The number of carbonyl (C=O) groups is 1. The number of carbonyl (C=O) groups excluding carboxylic acids is 1. The third kappa shape index (κ3) is 5.13. The lowest BCUT2D eigenvalue weighted by molar-refractivity contribution is 0.135. The number of benzene rings is 2. The van der Waals surface area contributed by atoms with Crippen molar-refractivity contribution in [3.8, 4) is 11.5 Å². The Balaban J connectivity index is 2.03. The Labute approximate surface area is 185 Å². The Hall–Kier alpha value is -2.73. The van der Waals surface area contributed by atoms with E-state index in [4.69, 9.17) is 9.47 Å². The second-order valence-electron chi connectivity index (χ2n) is 8.02. The van der Waals surface area contributed by atoms with E-state index in [-0.39, 0.29) is 18.1 Å². The molecule has 2 atom stereocenters. The number of urea groups is 1. The normalized spacial score (nSPS) is 16.9. The van der Waals surface area contributed by atoms with Crippen molar-refractivity contribution in [2.45, 2.75) is 52.2 Å². The number of ether oxygens (including phenoxy) is 2. The van der Waals surface area contributed by atoms with Crippen molar-refractivity contribution in [2.24, 2.45) is 0 Å². The smallest absolute Gasteiger partial charge is 0.315 e. The molecule has 0 aromatic heterocycles. The van der Waals surface area contributed by atoms with E-state index in [9.17, 15) is 4.79 Å². The Morgan fingerprint density at radius 1 is 1.16 bits per heavy atom. The van der Waals surface area contributed by atoms with Crippen LogP contribution < -0.4 is 20.1 Å². The maximum Gasteiger partial charge on any atom is 0.315 e. The lowest BCUT2D eigenvalue weighted by atomic mass is 9.86. The lowest BCUT2D eigenvalue weighted by Gasteiger charge is -2.42. The van der Waals surface area contributed by atoms with Crippen LogP contribution in [0.5, 0.6) is 11.5 Å². The number of rotatable bonds is 8. The highest BCUT2D eigenvalue weighted by Crippen LogP contribution is 2.40. The molecule has 6 nitrogen and oxygen atoms in total. The van der Waals surface area contributed by atoms with Crippen LogP contribution in [0.4, 0.5) is 4.79 Å². The van der Waals surface area contributed by atoms with Gasteiger partial charge in [-0.15, -0.1) is 0 Å². The molecule has 0 saturated carbocycles. The van der Waals surface area contributed by atoms with Gasteiger partial charge in [-0.2, -0.15) is 0 Å². The minimum absolute atomic E-state index is 0.0345. The predicted molar refractivity (Wildman–Crippen MR) is 124 cm³/mol. The molecule has 0 radical (unpaired) electrons.